The lowest BCUT2D eigenvalue weighted by Gasteiger charge is -2.33. The number of carbonyl (C=O) groups is 1. The Balaban J connectivity index is 0.00000338. The lowest BCUT2D eigenvalue weighted by atomic mass is 9.97. The summed E-state index contributed by atoms with van der Waals surface area (Å²) < 4.78 is 4.86. The molecule has 0 amide bonds. The van der Waals surface area contributed by atoms with Gasteiger partial charge in [0, 0.05) is 39.9 Å². The van der Waals surface area contributed by atoms with Gasteiger partial charge in [-0.2, -0.15) is 0 Å². The van der Waals surface area contributed by atoms with Crippen molar-refractivity contribution in [2.75, 3.05) is 45.7 Å². The highest BCUT2D eigenvalue weighted by Gasteiger charge is 2.26. The average Bonchev–Trinajstić information content (AvgIpc) is 2.65. The second-order valence-corrected chi connectivity index (χ2v) is 6.37. The summed E-state index contributed by atoms with van der Waals surface area (Å²) in [5.41, 5.74) is 1.12. The van der Waals surface area contributed by atoms with Crippen LogP contribution in [-0.4, -0.2) is 62.7 Å². The molecule has 0 bridgehead atoms. The molecule has 0 aliphatic carbocycles. The fourth-order valence-electron chi connectivity index (χ4n) is 2.89. The number of aliphatic imine (C=N–C) groups is 1. The third-order valence-corrected chi connectivity index (χ3v) is 4.34. The van der Waals surface area contributed by atoms with Crippen molar-refractivity contribution in [3.63, 3.8) is 0 Å². The van der Waals surface area contributed by atoms with Crippen molar-refractivity contribution in [1.82, 2.24) is 15.2 Å². The number of piperidine rings is 1. The van der Waals surface area contributed by atoms with Gasteiger partial charge >= 0.3 is 5.97 Å². The Morgan fingerprint density at radius 3 is 2.69 bits per heavy atom. The van der Waals surface area contributed by atoms with Gasteiger partial charge in [0.05, 0.1) is 19.6 Å². The van der Waals surface area contributed by atoms with Crippen molar-refractivity contribution >= 4 is 41.7 Å². The first-order valence-corrected chi connectivity index (χ1v) is 8.78. The molecule has 2 heterocycles. The summed E-state index contributed by atoms with van der Waals surface area (Å²) in [6.45, 7) is 5.10. The van der Waals surface area contributed by atoms with Gasteiger partial charge in [0.25, 0.3) is 0 Å². The second kappa shape index (κ2) is 11.2. The van der Waals surface area contributed by atoms with E-state index in [0.29, 0.717) is 6.54 Å². The van der Waals surface area contributed by atoms with E-state index >= 15 is 0 Å². The molecule has 0 unspecified atom stereocenters. The highest BCUT2D eigenvalue weighted by molar-refractivity contribution is 14.0. The molecule has 26 heavy (non-hydrogen) atoms. The number of anilines is 1. The molecule has 1 aromatic rings. The summed E-state index contributed by atoms with van der Waals surface area (Å²) in [5, 5.41) is 3.35. The Morgan fingerprint density at radius 2 is 2.12 bits per heavy atom. The molecule has 1 N–H and O–H groups in total. The second-order valence-electron chi connectivity index (χ2n) is 6.37. The SMILES string of the molecule is CCNC(=NCc1ccnc(N(C)C)c1)N1CCC(C(=O)OC)CC1.I. The van der Waals surface area contributed by atoms with Crippen LogP contribution in [0.1, 0.15) is 25.3 Å². The number of methoxy groups -OCH3 is 1. The fraction of sp³-hybridized carbons (Fsp3) is 0.611. The van der Waals surface area contributed by atoms with Gasteiger partial charge in [-0.15, -0.1) is 24.0 Å². The third kappa shape index (κ3) is 6.30. The minimum atomic E-state index is -0.102. The Kier molecular flexibility index (Phi) is 9.68. The minimum Gasteiger partial charge on any atom is -0.469 e. The number of carbonyl (C=O) groups excluding carboxylic acids is 1. The quantitative estimate of drug-likeness (QED) is 0.305. The van der Waals surface area contributed by atoms with E-state index in [9.17, 15) is 4.79 Å². The van der Waals surface area contributed by atoms with Gasteiger partial charge in [0.15, 0.2) is 5.96 Å². The van der Waals surface area contributed by atoms with E-state index in [1.807, 2.05) is 31.3 Å². The van der Waals surface area contributed by atoms with Crippen LogP contribution in [0.5, 0.6) is 0 Å². The summed E-state index contributed by atoms with van der Waals surface area (Å²) in [6.07, 6.45) is 3.42. The zero-order valence-corrected chi connectivity index (χ0v) is 18.4. The van der Waals surface area contributed by atoms with Crippen molar-refractivity contribution < 1.29 is 9.53 Å². The monoisotopic (exact) mass is 475 g/mol. The van der Waals surface area contributed by atoms with Gasteiger partial charge in [-0.25, -0.2) is 9.98 Å². The van der Waals surface area contributed by atoms with Gasteiger partial charge in [-0.3, -0.25) is 4.79 Å². The molecule has 2 rings (SSSR count). The zero-order valence-electron chi connectivity index (χ0n) is 16.1. The Morgan fingerprint density at radius 1 is 1.42 bits per heavy atom. The van der Waals surface area contributed by atoms with Crippen molar-refractivity contribution in [1.29, 1.82) is 0 Å². The van der Waals surface area contributed by atoms with Gasteiger partial charge in [-0.05, 0) is 37.5 Å². The number of hydrogen-bond acceptors (Lipinski definition) is 5. The number of ether oxygens (including phenoxy) is 1. The lowest BCUT2D eigenvalue weighted by molar-refractivity contribution is -0.146. The van der Waals surface area contributed by atoms with Crippen molar-refractivity contribution in [3.8, 4) is 0 Å². The molecule has 1 fully saturated rings. The molecule has 0 spiro atoms. The van der Waals surface area contributed by atoms with E-state index in [1.54, 1.807) is 0 Å². The van der Waals surface area contributed by atoms with Crippen LogP contribution in [0.4, 0.5) is 5.82 Å². The molecule has 1 saturated heterocycles. The maximum absolute atomic E-state index is 11.7. The van der Waals surface area contributed by atoms with Crippen molar-refractivity contribution in [2.24, 2.45) is 10.9 Å². The first kappa shape index (κ1) is 22.5. The molecular formula is C18H30IN5O2. The summed E-state index contributed by atoms with van der Waals surface area (Å²) in [6, 6.07) is 4.04. The molecule has 0 atom stereocenters. The van der Waals surface area contributed by atoms with E-state index in [1.165, 1.54) is 7.11 Å². The first-order chi connectivity index (χ1) is 12.0. The summed E-state index contributed by atoms with van der Waals surface area (Å²) >= 11 is 0. The minimum absolute atomic E-state index is 0. The van der Waals surface area contributed by atoms with Crippen LogP contribution in [0, 0.1) is 5.92 Å². The molecule has 0 saturated carbocycles. The largest absolute Gasteiger partial charge is 0.469 e. The van der Waals surface area contributed by atoms with Crippen LogP contribution in [0.15, 0.2) is 23.3 Å². The number of guanidine groups is 1. The normalized spacial score (nSPS) is 15.2. The predicted molar refractivity (Wildman–Crippen MR) is 115 cm³/mol. The number of esters is 1. The maximum Gasteiger partial charge on any atom is 0.308 e. The first-order valence-electron chi connectivity index (χ1n) is 8.78. The molecule has 7 nitrogen and oxygen atoms in total. The Hall–Kier alpha value is -1.58. The van der Waals surface area contributed by atoms with Crippen LogP contribution >= 0.6 is 24.0 Å². The number of likely N-dealkylation sites (tertiary alicyclic amines) is 1. The van der Waals surface area contributed by atoms with Crippen molar-refractivity contribution in [2.45, 2.75) is 26.3 Å². The van der Waals surface area contributed by atoms with E-state index < -0.39 is 0 Å². The van der Waals surface area contributed by atoms with E-state index in [4.69, 9.17) is 9.73 Å². The zero-order chi connectivity index (χ0) is 18.2. The highest BCUT2D eigenvalue weighted by atomic mass is 127. The standard InChI is InChI=1S/C18H29N5O2.HI/c1-5-19-18(23-10-7-15(8-11-23)17(24)25-4)21-13-14-6-9-20-16(12-14)22(2)3;/h6,9,12,15H,5,7-8,10-11,13H2,1-4H3,(H,19,21);1H. The molecule has 8 heteroatoms. The van der Waals surface area contributed by atoms with Crippen LogP contribution in [0.25, 0.3) is 0 Å². The molecule has 1 aromatic heterocycles. The number of nitrogens with zero attached hydrogens (tertiary/aromatic N) is 4. The Labute approximate surface area is 173 Å². The van der Waals surface area contributed by atoms with E-state index in [2.05, 4.69) is 28.2 Å². The highest BCUT2D eigenvalue weighted by Crippen LogP contribution is 2.19. The van der Waals surface area contributed by atoms with E-state index in [-0.39, 0.29) is 35.9 Å². The molecule has 146 valence electrons. The number of pyridine rings is 1. The number of nitrogens with one attached hydrogen (secondary N) is 1. The Bertz CT molecular complexity index is 601. The van der Waals surface area contributed by atoms with E-state index in [0.717, 1.165) is 49.8 Å². The van der Waals surface area contributed by atoms with Crippen LogP contribution in [-0.2, 0) is 16.1 Å². The van der Waals surface area contributed by atoms with Gasteiger partial charge in [0.1, 0.15) is 5.82 Å². The molecule has 1 aliphatic rings. The number of hydrogen-bond donors (Lipinski definition) is 1. The van der Waals surface area contributed by atoms with Gasteiger partial charge in [0.2, 0.25) is 0 Å². The molecule has 0 radical (unpaired) electrons. The molecule has 1 aliphatic heterocycles. The summed E-state index contributed by atoms with van der Waals surface area (Å²) in [7, 11) is 5.41. The average molecular weight is 475 g/mol. The number of rotatable bonds is 5. The summed E-state index contributed by atoms with van der Waals surface area (Å²) in [4.78, 5) is 25.0. The number of halogens is 1. The fourth-order valence-corrected chi connectivity index (χ4v) is 2.89. The smallest absolute Gasteiger partial charge is 0.308 e. The van der Waals surface area contributed by atoms with Crippen molar-refractivity contribution in [3.05, 3.63) is 23.9 Å². The van der Waals surface area contributed by atoms with Gasteiger partial charge < -0.3 is 19.9 Å². The molecule has 0 aromatic carbocycles. The summed E-state index contributed by atoms with van der Waals surface area (Å²) in [5.74, 6) is 1.73. The molecular weight excluding hydrogens is 445 g/mol. The topological polar surface area (TPSA) is 70.1 Å². The van der Waals surface area contributed by atoms with Crippen LogP contribution in [0.2, 0.25) is 0 Å². The van der Waals surface area contributed by atoms with Gasteiger partial charge in [-0.1, -0.05) is 0 Å². The third-order valence-electron chi connectivity index (χ3n) is 4.34. The maximum atomic E-state index is 11.7. The van der Waals surface area contributed by atoms with Crippen LogP contribution in [0.3, 0.4) is 0 Å². The number of aromatic nitrogens is 1. The lowest BCUT2D eigenvalue weighted by Crippen LogP contribution is -2.46. The van der Waals surface area contributed by atoms with Crippen LogP contribution < -0.4 is 10.2 Å². The predicted octanol–water partition coefficient (Wildman–Crippen LogP) is 2.12.